The molecule has 0 spiro atoms. The van der Waals surface area contributed by atoms with E-state index in [0.717, 1.165) is 13.0 Å². The highest BCUT2D eigenvalue weighted by Crippen LogP contribution is 2.42. The SMILES string of the molecule is COC(=O)C1=CN[C@H]2C[C@H](c3ccccc3)[C@@H]1N2C/C=C/c1ccccc1. The molecule has 138 valence electrons. The van der Waals surface area contributed by atoms with Crippen LogP contribution < -0.4 is 5.32 Å². The first-order valence-corrected chi connectivity index (χ1v) is 9.34. The van der Waals surface area contributed by atoms with E-state index in [1.54, 1.807) is 0 Å². The predicted octanol–water partition coefficient (Wildman–Crippen LogP) is 3.54. The lowest BCUT2D eigenvalue weighted by Gasteiger charge is -2.35. The maximum absolute atomic E-state index is 12.4. The molecule has 0 saturated carbocycles. The normalized spacial score (nSPS) is 24.5. The van der Waals surface area contributed by atoms with Crippen LogP contribution >= 0.6 is 0 Å². The van der Waals surface area contributed by atoms with Crippen molar-refractivity contribution in [1.29, 1.82) is 0 Å². The maximum Gasteiger partial charge on any atom is 0.336 e. The topological polar surface area (TPSA) is 41.6 Å². The van der Waals surface area contributed by atoms with Gasteiger partial charge in [0.25, 0.3) is 0 Å². The number of rotatable bonds is 5. The van der Waals surface area contributed by atoms with Crippen LogP contribution in [0, 0.1) is 0 Å². The Morgan fingerprint density at radius 3 is 2.56 bits per heavy atom. The molecule has 4 rings (SSSR count). The first kappa shape index (κ1) is 17.6. The van der Waals surface area contributed by atoms with Crippen LogP contribution in [0.3, 0.4) is 0 Å². The minimum atomic E-state index is -0.258. The van der Waals surface area contributed by atoms with E-state index in [1.807, 2.05) is 30.5 Å². The average molecular weight is 360 g/mol. The number of fused-ring (bicyclic) bond motifs is 2. The van der Waals surface area contributed by atoms with Gasteiger partial charge in [-0.25, -0.2) is 4.79 Å². The summed E-state index contributed by atoms with van der Waals surface area (Å²) in [5, 5.41) is 3.40. The van der Waals surface area contributed by atoms with Gasteiger partial charge in [0.15, 0.2) is 0 Å². The molecule has 2 aromatic rings. The Morgan fingerprint density at radius 1 is 1.15 bits per heavy atom. The van der Waals surface area contributed by atoms with Gasteiger partial charge >= 0.3 is 5.97 Å². The Balaban J connectivity index is 1.60. The summed E-state index contributed by atoms with van der Waals surface area (Å²) in [7, 11) is 1.45. The summed E-state index contributed by atoms with van der Waals surface area (Å²) in [5.74, 6) is 0.00694. The van der Waals surface area contributed by atoms with Crippen LogP contribution in [0.4, 0.5) is 0 Å². The van der Waals surface area contributed by atoms with E-state index < -0.39 is 0 Å². The molecule has 0 aliphatic carbocycles. The summed E-state index contributed by atoms with van der Waals surface area (Å²) in [4.78, 5) is 14.8. The highest BCUT2D eigenvalue weighted by atomic mass is 16.5. The number of hydrogen-bond acceptors (Lipinski definition) is 4. The van der Waals surface area contributed by atoms with Crippen molar-refractivity contribution < 1.29 is 9.53 Å². The molecule has 1 fully saturated rings. The Bertz CT molecular complexity index is 845. The molecular weight excluding hydrogens is 336 g/mol. The van der Waals surface area contributed by atoms with E-state index in [9.17, 15) is 4.79 Å². The molecule has 0 radical (unpaired) electrons. The largest absolute Gasteiger partial charge is 0.466 e. The van der Waals surface area contributed by atoms with Gasteiger partial charge in [-0.05, 0) is 17.5 Å². The minimum absolute atomic E-state index is 0.0199. The smallest absolute Gasteiger partial charge is 0.336 e. The van der Waals surface area contributed by atoms with Gasteiger partial charge in [0.05, 0.1) is 24.9 Å². The van der Waals surface area contributed by atoms with Gasteiger partial charge in [-0.2, -0.15) is 0 Å². The van der Waals surface area contributed by atoms with Crippen molar-refractivity contribution in [3.63, 3.8) is 0 Å². The van der Waals surface area contributed by atoms with Crippen molar-refractivity contribution in [3.05, 3.63) is 89.6 Å². The van der Waals surface area contributed by atoms with Crippen molar-refractivity contribution in [2.24, 2.45) is 0 Å². The van der Waals surface area contributed by atoms with Gasteiger partial charge in [-0.1, -0.05) is 72.8 Å². The second kappa shape index (κ2) is 7.80. The van der Waals surface area contributed by atoms with Gasteiger partial charge < -0.3 is 10.1 Å². The van der Waals surface area contributed by atoms with Crippen LogP contribution in [0.15, 0.2) is 78.5 Å². The zero-order valence-electron chi connectivity index (χ0n) is 15.4. The van der Waals surface area contributed by atoms with Crippen molar-refractivity contribution >= 4 is 12.0 Å². The third-order valence-corrected chi connectivity index (χ3v) is 5.44. The highest BCUT2D eigenvalue weighted by Gasteiger charge is 2.47. The molecular formula is C23H24N2O2. The zero-order valence-corrected chi connectivity index (χ0v) is 15.4. The van der Waals surface area contributed by atoms with Crippen LogP contribution in [0.25, 0.3) is 6.08 Å². The monoisotopic (exact) mass is 360 g/mol. The summed E-state index contributed by atoms with van der Waals surface area (Å²) in [6.45, 7) is 0.773. The Hall–Kier alpha value is -2.85. The van der Waals surface area contributed by atoms with E-state index in [2.05, 4.69) is 58.8 Å². The number of methoxy groups -OCH3 is 1. The molecule has 2 aliphatic rings. The van der Waals surface area contributed by atoms with E-state index in [-0.39, 0.29) is 24.1 Å². The lowest BCUT2D eigenvalue weighted by molar-refractivity contribution is -0.137. The van der Waals surface area contributed by atoms with E-state index in [4.69, 9.17) is 4.74 Å². The van der Waals surface area contributed by atoms with Crippen LogP contribution in [0.2, 0.25) is 0 Å². The molecule has 1 saturated heterocycles. The van der Waals surface area contributed by atoms with E-state index >= 15 is 0 Å². The lowest BCUT2D eigenvalue weighted by atomic mass is 9.88. The fourth-order valence-electron chi connectivity index (χ4n) is 4.19. The summed E-state index contributed by atoms with van der Waals surface area (Å²) < 4.78 is 5.05. The van der Waals surface area contributed by atoms with E-state index in [1.165, 1.54) is 18.2 Å². The molecule has 4 nitrogen and oxygen atoms in total. The third-order valence-electron chi connectivity index (χ3n) is 5.44. The lowest BCUT2D eigenvalue weighted by Crippen LogP contribution is -2.49. The summed E-state index contributed by atoms with van der Waals surface area (Å²) in [5.41, 5.74) is 3.15. The van der Waals surface area contributed by atoms with Crippen LogP contribution in [-0.2, 0) is 9.53 Å². The maximum atomic E-state index is 12.4. The van der Waals surface area contributed by atoms with E-state index in [0.29, 0.717) is 5.57 Å². The second-order valence-corrected chi connectivity index (χ2v) is 6.98. The molecule has 2 heterocycles. The molecule has 4 heteroatoms. The first-order chi connectivity index (χ1) is 13.3. The molecule has 0 amide bonds. The van der Waals surface area contributed by atoms with Crippen molar-refractivity contribution in [2.75, 3.05) is 13.7 Å². The number of carbonyl (C=O) groups excluding carboxylic acids is 1. The van der Waals surface area contributed by atoms with Gasteiger partial charge in [0.2, 0.25) is 0 Å². The number of carbonyl (C=O) groups is 1. The molecule has 27 heavy (non-hydrogen) atoms. The molecule has 2 aromatic carbocycles. The number of nitrogens with zero attached hydrogens (tertiary/aromatic N) is 1. The van der Waals surface area contributed by atoms with Crippen molar-refractivity contribution in [2.45, 2.75) is 24.5 Å². The highest BCUT2D eigenvalue weighted by molar-refractivity contribution is 5.90. The molecule has 3 atom stereocenters. The summed E-state index contributed by atoms with van der Waals surface area (Å²) in [6, 6.07) is 20.7. The number of nitrogens with one attached hydrogen (secondary N) is 1. The van der Waals surface area contributed by atoms with Crippen molar-refractivity contribution in [3.8, 4) is 0 Å². The Morgan fingerprint density at radius 2 is 1.85 bits per heavy atom. The molecule has 2 aliphatic heterocycles. The fraction of sp³-hybridized carbons (Fsp3) is 0.261. The van der Waals surface area contributed by atoms with Crippen molar-refractivity contribution in [1.82, 2.24) is 10.2 Å². The molecule has 0 aromatic heterocycles. The number of ether oxygens (including phenoxy) is 1. The standard InChI is InChI=1S/C23H24N2O2/c1-27-23(26)20-16-24-21-15-19(18-12-6-3-7-13-18)22(20)25(21)14-8-11-17-9-4-2-5-10-17/h2-13,16,19,21-22,24H,14-15H2,1H3/b11-8+/t19-,21-,22+/m1/s1. The van der Waals surface area contributed by atoms with Gasteiger partial charge in [-0.3, -0.25) is 4.90 Å². The second-order valence-electron chi connectivity index (χ2n) is 6.98. The fourth-order valence-corrected chi connectivity index (χ4v) is 4.19. The van der Waals surface area contributed by atoms with Crippen LogP contribution in [-0.4, -0.2) is 36.7 Å². The molecule has 2 bridgehead atoms. The Kier molecular flexibility index (Phi) is 5.07. The summed E-state index contributed by atoms with van der Waals surface area (Å²) in [6.07, 6.45) is 7.33. The zero-order chi connectivity index (χ0) is 18.6. The van der Waals surface area contributed by atoms with Gasteiger partial charge in [0.1, 0.15) is 0 Å². The van der Waals surface area contributed by atoms with Gasteiger partial charge in [0, 0.05) is 18.7 Å². The number of esters is 1. The average Bonchev–Trinajstić information content (AvgIpc) is 2.95. The third kappa shape index (κ3) is 3.53. The molecule has 0 unspecified atom stereocenters. The van der Waals surface area contributed by atoms with Gasteiger partial charge in [-0.15, -0.1) is 0 Å². The quantitative estimate of drug-likeness (QED) is 0.828. The predicted molar refractivity (Wildman–Crippen MR) is 107 cm³/mol. The number of hydrogen-bond donors (Lipinski definition) is 1. The summed E-state index contributed by atoms with van der Waals surface area (Å²) >= 11 is 0. The van der Waals surface area contributed by atoms with Crippen LogP contribution in [0.5, 0.6) is 0 Å². The molecule has 1 N–H and O–H groups in total. The van der Waals surface area contributed by atoms with Crippen LogP contribution in [0.1, 0.15) is 23.5 Å². The minimum Gasteiger partial charge on any atom is -0.466 e. The first-order valence-electron chi connectivity index (χ1n) is 9.34. The Labute approximate surface area is 160 Å². The number of benzene rings is 2.